The van der Waals surface area contributed by atoms with Crippen molar-refractivity contribution < 1.29 is 22.7 Å². The minimum atomic E-state index is -3.57. The Morgan fingerprint density at radius 1 is 0.935 bits per heavy atom. The Bertz CT molecular complexity index is 971. The first-order valence-corrected chi connectivity index (χ1v) is 11.8. The number of amides is 1. The molecule has 0 unspecified atom stereocenters. The van der Waals surface area contributed by atoms with Gasteiger partial charge in [0.05, 0.1) is 30.3 Å². The van der Waals surface area contributed by atoms with Gasteiger partial charge in [0.1, 0.15) is 11.5 Å². The summed E-state index contributed by atoms with van der Waals surface area (Å²) in [6.07, 6.45) is 0. The first kappa shape index (κ1) is 23.1. The Hall–Kier alpha value is -2.62. The van der Waals surface area contributed by atoms with Crippen LogP contribution in [0.2, 0.25) is 0 Å². The van der Waals surface area contributed by atoms with Crippen molar-refractivity contribution in [2.24, 2.45) is 0 Å². The van der Waals surface area contributed by atoms with Gasteiger partial charge in [-0.3, -0.25) is 9.69 Å². The number of nitrogens with zero attached hydrogens (tertiary/aromatic N) is 2. The maximum atomic E-state index is 12.9. The van der Waals surface area contributed by atoms with Gasteiger partial charge in [0.2, 0.25) is 15.9 Å². The maximum absolute atomic E-state index is 12.9. The van der Waals surface area contributed by atoms with Crippen LogP contribution in [0.3, 0.4) is 0 Å². The molecule has 0 saturated carbocycles. The molecule has 168 valence electrons. The van der Waals surface area contributed by atoms with Crippen LogP contribution < -0.4 is 14.8 Å². The van der Waals surface area contributed by atoms with Gasteiger partial charge in [0.25, 0.3) is 0 Å². The molecule has 0 bridgehead atoms. The number of sulfonamides is 1. The minimum absolute atomic E-state index is 0.157. The Morgan fingerprint density at radius 3 is 2.23 bits per heavy atom. The number of benzene rings is 2. The summed E-state index contributed by atoms with van der Waals surface area (Å²) in [6, 6.07) is 13.8. The first-order valence-electron chi connectivity index (χ1n) is 10.4. The number of nitrogens with one attached hydrogen (secondary N) is 1. The number of hydrogen-bond donors (Lipinski definition) is 1. The van der Waals surface area contributed by atoms with Crippen LogP contribution in [0.15, 0.2) is 53.4 Å². The van der Waals surface area contributed by atoms with Gasteiger partial charge < -0.3 is 14.8 Å². The Kier molecular flexibility index (Phi) is 7.89. The second kappa shape index (κ2) is 10.6. The number of carbonyl (C=O) groups is 1. The summed E-state index contributed by atoms with van der Waals surface area (Å²) in [6.45, 7) is 6.62. The van der Waals surface area contributed by atoms with Crippen molar-refractivity contribution in [2.45, 2.75) is 18.7 Å². The summed E-state index contributed by atoms with van der Waals surface area (Å²) in [5.41, 5.74) is 0.631. The fraction of sp³-hybridized carbons (Fsp3) is 0.409. The summed E-state index contributed by atoms with van der Waals surface area (Å²) in [5, 5.41) is 2.88. The third-order valence-corrected chi connectivity index (χ3v) is 6.84. The van der Waals surface area contributed by atoms with E-state index in [1.807, 2.05) is 36.9 Å². The second-order valence-electron chi connectivity index (χ2n) is 7.06. The van der Waals surface area contributed by atoms with Crippen LogP contribution in [0.5, 0.6) is 11.5 Å². The van der Waals surface area contributed by atoms with E-state index in [2.05, 4.69) is 5.32 Å². The number of hydrogen-bond acceptors (Lipinski definition) is 6. The van der Waals surface area contributed by atoms with E-state index >= 15 is 0 Å². The normalized spacial score (nSPS) is 15.4. The monoisotopic (exact) mass is 447 g/mol. The highest BCUT2D eigenvalue weighted by molar-refractivity contribution is 7.89. The molecule has 31 heavy (non-hydrogen) atoms. The predicted octanol–water partition coefficient (Wildman–Crippen LogP) is 2.43. The molecule has 1 aliphatic heterocycles. The number of carbonyl (C=O) groups excluding carboxylic acids is 1. The molecule has 0 spiro atoms. The van der Waals surface area contributed by atoms with Gasteiger partial charge in [-0.25, -0.2) is 8.42 Å². The van der Waals surface area contributed by atoms with E-state index in [1.54, 1.807) is 30.3 Å². The lowest BCUT2D eigenvalue weighted by Crippen LogP contribution is -2.50. The van der Waals surface area contributed by atoms with Crippen molar-refractivity contribution in [3.05, 3.63) is 48.5 Å². The van der Waals surface area contributed by atoms with Crippen molar-refractivity contribution in [1.29, 1.82) is 0 Å². The van der Waals surface area contributed by atoms with Crippen molar-refractivity contribution in [1.82, 2.24) is 9.21 Å². The average molecular weight is 448 g/mol. The Morgan fingerprint density at radius 2 is 1.58 bits per heavy atom. The van der Waals surface area contributed by atoms with Crippen molar-refractivity contribution >= 4 is 21.6 Å². The molecular weight excluding hydrogens is 418 g/mol. The van der Waals surface area contributed by atoms with Crippen LogP contribution in [-0.2, 0) is 14.8 Å². The fourth-order valence-corrected chi connectivity index (χ4v) is 4.82. The van der Waals surface area contributed by atoms with E-state index in [0.29, 0.717) is 56.6 Å². The summed E-state index contributed by atoms with van der Waals surface area (Å²) in [5.74, 6) is 1.11. The number of para-hydroxylation sites is 2. The zero-order valence-electron chi connectivity index (χ0n) is 17.9. The highest BCUT2D eigenvalue weighted by Crippen LogP contribution is 2.24. The molecule has 8 nitrogen and oxygen atoms in total. The first-order chi connectivity index (χ1) is 14.9. The second-order valence-corrected chi connectivity index (χ2v) is 9.00. The van der Waals surface area contributed by atoms with Gasteiger partial charge in [0, 0.05) is 26.2 Å². The lowest BCUT2D eigenvalue weighted by Gasteiger charge is -2.33. The molecule has 1 N–H and O–H groups in total. The molecule has 3 rings (SSSR count). The molecule has 1 amide bonds. The van der Waals surface area contributed by atoms with E-state index in [9.17, 15) is 13.2 Å². The molecular formula is C22H29N3O5S. The van der Waals surface area contributed by atoms with Crippen LogP contribution in [0.4, 0.5) is 5.69 Å². The predicted molar refractivity (Wildman–Crippen MR) is 119 cm³/mol. The summed E-state index contributed by atoms with van der Waals surface area (Å²) in [7, 11) is -3.57. The van der Waals surface area contributed by atoms with Gasteiger partial charge in [-0.15, -0.1) is 0 Å². The smallest absolute Gasteiger partial charge is 0.243 e. The summed E-state index contributed by atoms with van der Waals surface area (Å²) in [4.78, 5) is 14.7. The van der Waals surface area contributed by atoms with Gasteiger partial charge in [-0.05, 0) is 50.2 Å². The molecule has 1 heterocycles. The molecule has 9 heteroatoms. The van der Waals surface area contributed by atoms with Crippen molar-refractivity contribution in [2.75, 3.05) is 51.3 Å². The topological polar surface area (TPSA) is 88.2 Å². The summed E-state index contributed by atoms with van der Waals surface area (Å²) >= 11 is 0. The molecule has 2 aromatic carbocycles. The summed E-state index contributed by atoms with van der Waals surface area (Å²) < 4.78 is 38.2. The lowest BCUT2D eigenvalue weighted by molar-refractivity contribution is -0.117. The molecule has 0 aliphatic carbocycles. The number of anilines is 1. The third-order valence-electron chi connectivity index (χ3n) is 4.93. The molecule has 0 atom stereocenters. The van der Waals surface area contributed by atoms with E-state index in [1.165, 1.54) is 4.31 Å². The van der Waals surface area contributed by atoms with Crippen LogP contribution in [0, 0.1) is 0 Å². The quantitative estimate of drug-likeness (QED) is 0.635. The van der Waals surface area contributed by atoms with Crippen molar-refractivity contribution in [3.63, 3.8) is 0 Å². The highest BCUT2D eigenvalue weighted by Gasteiger charge is 2.29. The SMILES string of the molecule is CCOc1ccc(S(=O)(=O)N2CCN(CC(=O)Nc3ccccc3OCC)CC2)cc1. The standard InChI is InChI=1S/C22H29N3O5S/c1-3-29-18-9-11-19(12-10-18)31(27,28)25-15-13-24(14-16-25)17-22(26)23-20-7-5-6-8-21(20)30-4-2/h5-12H,3-4,13-17H2,1-2H3,(H,23,26). The zero-order chi connectivity index (χ0) is 22.3. The van der Waals surface area contributed by atoms with Crippen LogP contribution >= 0.6 is 0 Å². The number of piperazine rings is 1. The number of ether oxygens (including phenoxy) is 2. The van der Waals surface area contributed by atoms with Gasteiger partial charge >= 0.3 is 0 Å². The zero-order valence-corrected chi connectivity index (χ0v) is 18.7. The Balaban J connectivity index is 1.54. The van der Waals surface area contributed by atoms with E-state index < -0.39 is 10.0 Å². The van der Waals surface area contributed by atoms with Crippen LogP contribution in [-0.4, -0.2) is 69.5 Å². The van der Waals surface area contributed by atoms with Gasteiger partial charge in [-0.2, -0.15) is 4.31 Å². The maximum Gasteiger partial charge on any atom is 0.243 e. The van der Waals surface area contributed by atoms with E-state index in [0.717, 1.165) is 0 Å². The molecule has 0 aromatic heterocycles. The molecule has 1 saturated heterocycles. The molecule has 1 fully saturated rings. The fourth-order valence-electron chi connectivity index (χ4n) is 3.40. The lowest BCUT2D eigenvalue weighted by atomic mass is 10.3. The van der Waals surface area contributed by atoms with E-state index in [4.69, 9.17) is 9.47 Å². The van der Waals surface area contributed by atoms with Crippen molar-refractivity contribution in [3.8, 4) is 11.5 Å². The van der Waals surface area contributed by atoms with Gasteiger partial charge in [0.15, 0.2) is 0 Å². The Labute approximate surface area is 183 Å². The molecule has 2 aromatic rings. The van der Waals surface area contributed by atoms with Gasteiger partial charge in [-0.1, -0.05) is 12.1 Å². The van der Waals surface area contributed by atoms with E-state index in [-0.39, 0.29) is 17.3 Å². The largest absolute Gasteiger partial charge is 0.494 e. The minimum Gasteiger partial charge on any atom is -0.494 e. The molecule has 0 radical (unpaired) electrons. The van der Waals surface area contributed by atoms with Crippen LogP contribution in [0.1, 0.15) is 13.8 Å². The van der Waals surface area contributed by atoms with Crippen LogP contribution in [0.25, 0.3) is 0 Å². The number of rotatable bonds is 9. The third kappa shape index (κ3) is 5.96. The highest BCUT2D eigenvalue weighted by atomic mass is 32.2. The molecule has 1 aliphatic rings. The average Bonchev–Trinajstić information content (AvgIpc) is 2.76.